The number of nitrogens with zero attached hydrogens (tertiary/aromatic N) is 3. The van der Waals surface area contributed by atoms with Gasteiger partial charge in [0.15, 0.2) is 0 Å². The van der Waals surface area contributed by atoms with Crippen molar-refractivity contribution in [3.8, 4) is 5.75 Å². The highest BCUT2D eigenvalue weighted by atomic mass is 16.5. The summed E-state index contributed by atoms with van der Waals surface area (Å²) in [6, 6.07) is 9.36. The number of rotatable bonds is 3. The molecular formula is C16H14N4O2. The van der Waals surface area contributed by atoms with Gasteiger partial charge in [0, 0.05) is 6.20 Å². The van der Waals surface area contributed by atoms with Crippen molar-refractivity contribution in [2.24, 2.45) is 0 Å². The van der Waals surface area contributed by atoms with Crippen molar-refractivity contribution in [1.82, 2.24) is 19.9 Å². The van der Waals surface area contributed by atoms with Gasteiger partial charge < -0.3 is 10.1 Å². The Balaban J connectivity index is 1.69. The molecule has 4 rings (SSSR count). The highest BCUT2D eigenvalue weighted by Gasteiger charge is 2.32. The summed E-state index contributed by atoms with van der Waals surface area (Å²) in [6.45, 7) is 0. The molecule has 2 aromatic heterocycles. The van der Waals surface area contributed by atoms with Crippen molar-refractivity contribution in [2.75, 3.05) is 7.11 Å². The van der Waals surface area contributed by atoms with Crippen molar-refractivity contribution in [3.05, 3.63) is 54.1 Å². The number of pyridine rings is 1. The molecule has 1 aromatic carbocycles. The van der Waals surface area contributed by atoms with E-state index in [1.165, 1.54) is 0 Å². The summed E-state index contributed by atoms with van der Waals surface area (Å²) in [4.78, 5) is 20.8. The first-order valence-electron chi connectivity index (χ1n) is 7.02. The normalized spacial score (nSPS) is 16.6. The van der Waals surface area contributed by atoms with Gasteiger partial charge >= 0.3 is 6.03 Å². The third-order valence-corrected chi connectivity index (χ3v) is 3.89. The minimum Gasteiger partial charge on any atom is -0.497 e. The molecule has 0 spiro atoms. The minimum atomic E-state index is -0.149. The van der Waals surface area contributed by atoms with Crippen molar-refractivity contribution in [2.45, 2.75) is 12.5 Å². The number of nitrogens with one attached hydrogen (secondary N) is 1. The summed E-state index contributed by atoms with van der Waals surface area (Å²) < 4.78 is 6.77. The van der Waals surface area contributed by atoms with E-state index in [1.54, 1.807) is 24.1 Å². The van der Waals surface area contributed by atoms with Crippen LogP contribution in [0.4, 0.5) is 4.79 Å². The number of ether oxygens (including phenoxy) is 1. The molecule has 0 saturated carbocycles. The van der Waals surface area contributed by atoms with Crippen molar-refractivity contribution >= 4 is 17.1 Å². The second kappa shape index (κ2) is 4.84. The molecule has 0 radical (unpaired) electrons. The summed E-state index contributed by atoms with van der Waals surface area (Å²) in [7, 11) is 1.64. The Labute approximate surface area is 126 Å². The molecule has 0 fully saturated rings. The van der Waals surface area contributed by atoms with Crippen LogP contribution >= 0.6 is 0 Å². The fraction of sp³-hybridized carbons (Fsp3) is 0.188. The van der Waals surface area contributed by atoms with E-state index in [0.29, 0.717) is 6.42 Å². The van der Waals surface area contributed by atoms with E-state index in [1.807, 2.05) is 30.3 Å². The van der Waals surface area contributed by atoms with E-state index in [-0.39, 0.29) is 12.1 Å². The number of carbonyl (C=O) groups is 1. The molecular weight excluding hydrogens is 280 g/mol. The molecule has 22 heavy (non-hydrogen) atoms. The molecule has 0 aliphatic carbocycles. The molecule has 1 atom stereocenters. The van der Waals surface area contributed by atoms with Crippen LogP contribution in [0.5, 0.6) is 5.75 Å². The zero-order valence-electron chi connectivity index (χ0n) is 12.0. The maximum atomic E-state index is 12.2. The van der Waals surface area contributed by atoms with E-state index in [0.717, 1.165) is 28.2 Å². The molecule has 0 saturated heterocycles. The highest BCUT2D eigenvalue weighted by molar-refractivity contribution is 5.92. The van der Waals surface area contributed by atoms with Crippen molar-refractivity contribution in [1.29, 1.82) is 0 Å². The molecule has 1 amide bonds. The van der Waals surface area contributed by atoms with Crippen LogP contribution in [0.2, 0.25) is 0 Å². The number of carbonyl (C=O) groups excluding carboxylic acids is 1. The number of methoxy groups -OCH3 is 1. The topological polar surface area (TPSA) is 69.0 Å². The SMILES string of the molecule is COc1ccc(C[C@H]2NC(=O)n3c2nc2ccncc23)cc1. The van der Waals surface area contributed by atoms with E-state index < -0.39 is 0 Å². The second-order valence-corrected chi connectivity index (χ2v) is 5.22. The average Bonchev–Trinajstić information content (AvgIpc) is 3.07. The molecule has 1 N–H and O–H groups in total. The lowest BCUT2D eigenvalue weighted by Crippen LogP contribution is -2.22. The third-order valence-electron chi connectivity index (χ3n) is 3.89. The lowest BCUT2D eigenvalue weighted by molar-refractivity contribution is 0.245. The number of amides is 1. The van der Waals surface area contributed by atoms with Gasteiger partial charge in [-0.1, -0.05) is 12.1 Å². The maximum absolute atomic E-state index is 12.2. The first kappa shape index (κ1) is 12.8. The van der Waals surface area contributed by atoms with E-state index in [2.05, 4.69) is 15.3 Å². The van der Waals surface area contributed by atoms with Gasteiger partial charge in [-0.05, 0) is 30.2 Å². The largest absolute Gasteiger partial charge is 0.497 e. The molecule has 3 heterocycles. The van der Waals surface area contributed by atoms with Crippen molar-refractivity contribution in [3.63, 3.8) is 0 Å². The molecule has 6 nitrogen and oxygen atoms in total. The molecule has 3 aromatic rings. The van der Waals surface area contributed by atoms with Crippen molar-refractivity contribution < 1.29 is 9.53 Å². The summed E-state index contributed by atoms with van der Waals surface area (Å²) in [5, 5.41) is 2.97. The molecule has 1 aliphatic heterocycles. The first-order valence-corrected chi connectivity index (χ1v) is 7.02. The number of aromatic nitrogens is 3. The number of fused-ring (bicyclic) bond motifs is 3. The van der Waals surface area contributed by atoms with Crippen LogP contribution in [0.3, 0.4) is 0 Å². The molecule has 1 aliphatic rings. The third kappa shape index (κ3) is 1.92. The Morgan fingerprint density at radius 3 is 2.86 bits per heavy atom. The Hall–Kier alpha value is -2.89. The fourth-order valence-electron chi connectivity index (χ4n) is 2.81. The second-order valence-electron chi connectivity index (χ2n) is 5.22. The number of imidazole rings is 1. The standard InChI is InChI=1S/C16H14N4O2/c1-22-11-4-2-10(3-5-11)8-13-15-18-12-6-7-17-9-14(12)20(15)16(21)19-13/h2-7,9,13H,8H2,1H3,(H,19,21)/t13-/m1/s1. The molecule has 110 valence electrons. The average molecular weight is 294 g/mol. The lowest BCUT2D eigenvalue weighted by atomic mass is 10.1. The maximum Gasteiger partial charge on any atom is 0.328 e. The van der Waals surface area contributed by atoms with E-state index in [9.17, 15) is 4.79 Å². The smallest absolute Gasteiger partial charge is 0.328 e. The Morgan fingerprint density at radius 2 is 2.09 bits per heavy atom. The zero-order chi connectivity index (χ0) is 15.1. The number of hydrogen-bond acceptors (Lipinski definition) is 4. The van der Waals surface area contributed by atoms with Crippen LogP contribution in [0, 0.1) is 0 Å². The van der Waals surface area contributed by atoms with Gasteiger partial charge in [0.1, 0.15) is 11.6 Å². The van der Waals surface area contributed by atoms with Gasteiger partial charge in [-0.3, -0.25) is 4.98 Å². The quantitative estimate of drug-likeness (QED) is 0.804. The van der Waals surface area contributed by atoms with Gasteiger partial charge in [-0.2, -0.15) is 0 Å². The summed E-state index contributed by atoms with van der Waals surface area (Å²) in [5.74, 6) is 1.56. The minimum absolute atomic E-state index is 0.131. The van der Waals surface area contributed by atoms with Crippen LogP contribution in [0.1, 0.15) is 17.4 Å². The molecule has 0 unspecified atom stereocenters. The van der Waals surface area contributed by atoms with Gasteiger partial charge in [0.05, 0.1) is 30.4 Å². The monoisotopic (exact) mass is 294 g/mol. The summed E-state index contributed by atoms with van der Waals surface area (Å²) in [6.07, 6.45) is 4.04. The summed E-state index contributed by atoms with van der Waals surface area (Å²) in [5.41, 5.74) is 2.65. The number of hydrogen-bond donors (Lipinski definition) is 1. The molecule has 0 bridgehead atoms. The van der Waals surface area contributed by atoms with Crippen LogP contribution in [0.15, 0.2) is 42.7 Å². The number of benzene rings is 1. The van der Waals surface area contributed by atoms with Gasteiger partial charge in [0.2, 0.25) is 0 Å². The fourth-order valence-corrected chi connectivity index (χ4v) is 2.81. The Bertz CT molecular complexity index is 854. The molecule has 6 heteroatoms. The zero-order valence-corrected chi connectivity index (χ0v) is 12.0. The Morgan fingerprint density at radius 1 is 1.27 bits per heavy atom. The summed E-state index contributed by atoms with van der Waals surface area (Å²) >= 11 is 0. The van der Waals surface area contributed by atoms with Gasteiger partial charge in [0.25, 0.3) is 0 Å². The Kier molecular flexibility index (Phi) is 2.82. The van der Waals surface area contributed by atoms with Crippen LogP contribution in [0.25, 0.3) is 11.0 Å². The predicted octanol–water partition coefficient (Wildman–Crippen LogP) is 2.29. The van der Waals surface area contributed by atoms with Crippen LogP contribution in [-0.4, -0.2) is 27.7 Å². The highest BCUT2D eigenvalue weighted by Crippen LogP contribution is 2.27. The van der Waals surface area contributed by atoms with Crippen LogP contribution < -0.4 is 10.1 Å². The predicted molar refractivity (Wildman–Crippen MR) is 80.9 cm³/mol. The van der Waals surface area contributed by atoms with E-state index >= 15 is 0 Å². The lowest BCUT2D eigenvalue weighted by Gasteiger charge is -2.09. The first-order chi connectivity index (χ1) is 10.8. The van der Waals surface area contributed by atoms with Crippen LogP contribution in [-0.2, 0) is 6.42 Å². The van der Waals surface area contributed by atoms with Gasteiger partial charge in [-0.15, -0.1) is 0 Å². The van der Waals surface area contributed by atoms with Gasteiger partial charge in [-0.25, -0.2) is 14.3 Å². The van der Waals surface area contributed by atoms with E-state index in [4.69, 9.17) is 4.74 Å².